The predicted octanol–water partition coefficient (Wildman–Crippen LogP) is 1.85. The maximum absolute atomic E-state index is 11.1. The Morgan fingerprint density at radius 1 is 1.50 bits per heavy atom. The number of benzene rings is 1. The van der Waals surface area contributed by atoms with Crippen LogP contribution in [0.15, 0.2) is 24.3 Å². The van der Waals surface area contributed by atoms with E-state index >= 15 is 0 Å². The summed E-state index contributed by atoms with van der Waals surface area (Å²) < 4.78 is 5.35. The number of nitrogens with one attached hydrogen (secondary N) is 1. The molecule has 1 N–H and O–H groups in total. The highest BCUT2D eigenvalue weighted by Crippen LogP contribution is 2.24. The first kappa shape index (κ1) is 10.9. The summed E-state index contributed by atoms with van der Waals surface area (Å²) in [5.41, 5.74) is 0. The van der Waals surface area contributed by atoms with Gasteiger partial charge in [0.25, 0.3) is 5.91 Å². The van der Waals surface area contributed by atoms with Gasteiger partial charge < -0.3 is 10.1 Å². The minimum absolute atomic E-state index is 0.176. The average molecular weight is 214 g/mol. The van der Waals surface area contributed by atoms with Gasteiger partial charge in [0.2, 0.25) is 0 Å². The molecule has 1 amide bonds. The second-order valence-electron chi connectivity index (χ2n) is 2.80. The Morgan fingerprint density at radius 2 is 2.14 bits per heavy atom. The van der Waals surface area contributed by atoms with Crippen molar-refractivity contribution in [3.63, 3.8) is 0 Å². The molecule has 1 rings (SSSR count). The maximum Gasteiger partial charge on any atom is 0.260 e. The number of rotatable bonds is 3. The molecular formula is C10H12ClNO2. The van der Waals surface area contributed by atoms with Gasteiger partial charge in [-0.25, -0.2) is 0 Å². The largest absolute Gasteiger partial charge is 0.479 e. The minimum Gasteiger partial charge on any atom is -0.479 e. The van der Waals surface area contributed by atoms with Crippen LogP contribution in [0.3, 0.4) is 0 Å². The monoisotopic (exact) mass is 213 g/mol. The Labute approximate surface area is 88.0 Å². The lowest BCUT2D eigenvalue weighted by molar-refractivity contribution is -0.126. The van der Waals surface area contributed by atoms with Crippen LogP contribution in [0.2, 0.25) is 5.02 Å². The molecule has 0 unspecified atom stereocenters. The van der Waals surface area contributed by atoms with Crippen LogP contribution < -0.4 is 10.1 Å². The molecule has 1 aromatic rings. The first-order valence-electron chi connectivity index (χ1n) is 4.28. The molecule has 3 nitrogen and oxygen atoms in total. The first-order chi connectivity index (χ1) is 6.65. The van der Waals surface area contributed by atoms with Crippen LogP contribution in [-0.2, 0) is 4.79 Å². The average Bonchev–Trinajstić information content (AvgIpc) is 2.20. The molecule has 0 fully saturated rings. The van der Waals surface area contributed by atoms with Gasteiger partial charge in [0.15, 0.2) is 6.10 Å². The first-order valence-corrected chi connectivity index (χ1v) is 4.65. The number of amides is 1. The third kappa shape index (κ3) is 2.64. The van der Waals surface area contributed by atoms with Gasteiger partial charge in [-0.3, -0.25) is 4.79 Å². The molecule has 0 aromatic heterocycles. The van der Waals surface area contributed by atoms with Gasteiger partial charge in [-0.1, -0.05) is 23.7 Å². The summed E-state index contributed by atoms with van der Waals surface area (Å²) in [6.45, 7) is 1.67. The van der Waals surface area contributed by atoms with E-state index in [4.69, 9.17) is 16.3 Å². The molecule has 0 radical (unpaired) electrons. The van der Waals surface area contributed by atoms with Gasteiger partial charge in [-0.2, -0.15) is 0 Å². The Balaban J connectivity index is 2.69. The van der Waals surface area contributed by atoms with Crippen molar-refractivity contribution in [3.05, 3.63) is 29.3 Å². The lowest BCUT2D eigenvalue weighted by Crippen LogP contribution is -2.33. The Hall–Kier alpha value is -1.22. The number of carbonyl (C=O) groups is 1. The SMILES string of the molecule is CNC(=O)[C@@H](C)Oc1ccccc1Cl. The summed E-state index contributed by atoms with van der Waals surface area (Å²) in [5, 5.41) is 3.00. The van der Waals surface area contributed by atoms with Crippen LogP contribution in [0.1, 0.15) is 6.92 Å². The molecule has 0 bridgehead atoms. The standard InChI is InChI=1S/C10H12ClNO2/c1-7(10(13)12-2)14-9-6-4-3-5-8(9)11/h3-7H,1-2H3,(H,12,13)/t7-/m1/s1. The molecule has 0 aliphatic heterocycles. The van der Waals surface area contributed by atoms with E-state index in [-0.39, 0.29) is 5.91 Å². The van der Waals surface area contributed by atoms with Crippen LogP contribution in [0.5, 0.6) is 5.75 Å². The van der Waals surface area contributed by atoms with Crippen molar-refractivity contribution in [2.24, 2.45) is 0 Å². The summed E-state index contributed by atoms with van der Waals surface area (Å²) in [7, 11) is 1.56. The van der Waals surface area contributed by atoms with E-state index in [0.29, 0.717) is 10.8 Å². The number of hydrogen-bond acceptors (Lipinski definition) is 2. The second kappa shape index (κ2) is 4.86. The highest BCUT2D eigenvalue weighted by atomic mass is 35.5. The van der Waals surface area contributed by atoms with Crippen LogP contribution in [-0.4, -0.2) is 19.1 Å². The van der Waals surface area contributed by atoms with Crippen molar-refractivity contribution in [2.75, 3.05) is 7.05 Å². The zero-order valence-corrected chi connectivity index (χ0v) is 8.84. The van der Waals surface area contributed by atoms with Gasteiger partial charge in [-0.05, 0) is 19.1 Å². The number of halogens is 1. The normalized spacial score (nSPS) is 11.9. The molecule has 0 saturated heterocycles. The van der Waals surface area contributed by atoms with Crippen LogP contribution in [0.25, 0.3) is 0 Å². The minimum atomic E-state index is -0.542. The van der Waals surface area contributed by atoms with E-state index in [9.17, 15) is 4.79 Å². The molecule has 14 heavy (non-hydrogen) atoms. The number of carbonyl (C=O) groups excluding carboxylic acids is 1. The zero-order chi connectivity index (χ0) is 10.6. The van der Waals surface area contributed by atoms with Crippen LogP contribution in [0.4, 0.5) is 0 Å². The van der Waals surface area contributed by atoms with E-state index in [0.717, 1.165) is 0 Å². The molecule has 0 aliphatic carbocycles. The van der Waals surface area contributed by atoms with E-state index in [1.807, 2.05) is 0 Å². The summed E-state index contributed by atoms with van der Waals surface area (Å²) in [6.07, 6.45) is -0.542. The summed E-state index contributed by atoms with van der Waals surface area (Å²) in [6, 6.07) is 7.05. The Morgan fingerprint density at radius 3 is 2.71 bits per heavy atom. The number of likely N-dealkylation sites (N-methyl/N-ethyl adjacent to an activating group) is 1. The Bertz CT molecular complexity index is 328. The molecule has 76 valence electrons. The van der Waals surface area contributed by atoms with Crippen molar-refractivity contribution in [1.29, 1.82) is 0 Å². The molecular weight excluding hydrogens is 202 g/mol. The van der Waals surface area contributed by atoms with Gasteiger partial charge in [0.1, 0.15) is 5.75 Å². The summed E-state index contributed by atoms with van der Waals surface area (Å²) in [5.74, 6) is 0.343. The van der Waals surface area contributed by atoms with Gasteiger partial charge in [0.05, 0.1) is 5.02 Å². The quantitative estimate of drug-likeness (QED) is 0.832. The van der Waals surface area contributed by atoms with E-state index < -0.39 is 6.10 Å². The highest BCUT2D eigenvalue weighted by molar-refractivity contribution is 6.32. The third-order valence-corrected chi connectivity index (χ3v) is 2.07. The van der Waals surface area contributed by atoms with Crippen LogP contribution in [0, 0.1) is 0 Å². The van der Waals surface area contributed by atoms with Gasteiger partial charge in [0, 0.05) is 7.05 Å². The fourth-order valence-corrected chi connectivity index (χ4v) is 1.17. The third-order valence-electron chi connectivity index (χ3n) is 1.76. The predicted molar refractivity (Wildman–Crippen MR) is 55.6 cm³/mol. The molecule has 4 heteroatoms. The van der Waals surface area contributed by atoms with Crippen molar-refractivity contribution in [1.82, 2.24) is 5.32 Å². The van der Waals surface area contributed by atoms with Crippen molar-refractivity contribution < 1.29 is 9.53 Å². The number of ether oxygens (including phenoxy) is 1. The maximum atomic E-state index is 11.1. The molecule has 0 saturated carbocycles. The number of para-hydroxylation sites is 1. The van der Waals surface area contributed by atoms with E-state index in [1.165, 1.54) is 0 Å². The van der Waals surface area contributed by atoms with Gasteiger partial charge in [-0.15, -0.1) is 0 Å². The fraction of sp³-hybridized carbons (Fsp3) is 0.300. The lowest BCUT2D eigenvalue weighted by atomic mass is 10.3. The van der Waals surface area contributed by atoms with Gasteiger partial charge >= 0.3 is 0 Å². The molecule has 1 atom stereocenters. The number of hydrogen-bond donors (Lipinski definition) is 1. The highest BCUT2D eigenvalue weighted by Gasteiger charge is 2.13. The molecule has 0 heterocycles. The molecule has 0 aliphatic rings. The summed E-state index contributed by atoms with van der Waals surface area (Å²) in [4.78, 5) is 11.1. The lowest BCUT2D eigenvalue weighted by Gasteiger charge is -2.13. The Kier molecular flexibility index (Phi) is 3.77. The van der Waals surface area contributed by atoms with Crippen LogP contribution >= 0.6 is 11.6 Å². The second-order valence-corrected chi connectivity index (χ2v) is 3.21. The van der Waals surface area contributed by atoms with E-state index in [2.05, 4.69) is 5.32 Å². The van der Waals surface area contributed by atoms with E-state index in [1.54, 1.807) is 38.2 Å². The smallest absolute Gasteiger partial charge is 0.260 e. The fourth-order valence-electron chi connectivity index (χ4n) is 0.988. The van der Waals surface area contributed by atoms with Crippen molar-refractivity contribution in [2.45, 2.75) is 13.0 Å². The van der Waals surface area contributed by atoms with Crippen molar-refractivity contribution in [3.8, 4) is 5.75 Å². The molecule has 1 aromatic carbocycles. The van der Waals surface area contributed by atoms with Crippen molar-refractivity contribution >= 4 is 17.5 Å². The molecule has 0 spiro atoms. The topological polar surface area (TPSA) is 38.3 Å². The summed E-state index contributed by atoms with van der Waals surface area (Å²) >= 11 is 5.86. The zero-order valence-electron chi connectivity index (χ0n) is 8.08.